The first-order chi connectivity index (χ1) is 29.2. The molecule has 60 heavy (non-hydrogen) atoms. The van der Waals surface area contributed by atoms with Gasteiger partial charge < -0.3 is 18.9 Å². The Hall–Kier alpha value is -5.22. The molecule has 7 rings (SSSR count). The number of fused-ring (bicyclic) bond motifs is 1. The van der Waals surface area contributed by atoms with Gasteiger partial charge in [-0.2, -0.15) is 5.10 Å². The zero-order valence-electron chi connectivity index (χ0n) is 35.6. The van der Waals surface area contributed by atoms with Crippen LogP contribution in [0.25, 0.3) is 10.2 Å². The van der Waals surface area contributed by atoms with Crippen LogP contribution >= 0.6 is 11.3 Å². The standard InChI is InChI=1S/C50H59N3O6S/c1-5-9-35-17-25-41(26-18-35)58-48(54)39-21-13-37(14-22-39)32-56-43-29-30-46(44(31-43)34(3)52-53(4)50-51-45-11-7-8-12-47(45)60-50)57-33-38-15-23-40(24-16-38)49(55)59-42-27-19-36(10-6-2)20-28-42/h7-8,11-12,17-20,25-31,37-40H,5-6,9-10,13-16,21-24,32-33H2,1-4H3/b52-34+. The molecule has 0 aliphatic heterocycles. The van der Waals surface area contributed by atoms with E-state index in [0.717, 1.165) is 115 Å². The van der Waals surface area contributed by atoms with Crippen LogP contribution < -0.4 is 24.0 Å². The molecule has 0 saturated heterocycles. The summed E-state index contributed by atoms with van der Waals surface area (Å²) in [4.78, 5) is 30.8. The van der Waals surface area contributed by atoms with Crippen molar-refractivity contribution < 1.29 is 28.5 Å². The van der Waals surface area contributed by atoms with Crippen LogP contribution in [-0.4, -0.2) is 42.9 Å². The molecule has 2 aliphatic carbocycles. The number of para-hydroxylation sites is 1. The minimum Gasteiger partial charge on any atom is -0.493 e. The van der Waals surface area contributed by atoms with Gasteiger partial charge in [-0.15, -0.1) is 0 Å². The number of thiazole rings is 1. The highest BCUT2D eigenvalue weighted by molar-refractivity contribution is 7.22. The van der Waals surface area contributed by atoms with Crippen LogP contribution in [0.15, 0.2) is 96.1 Å². The van der Waals surface area contributed by atoms with E-state index in [2.05, 4.69) is 19.9 Å². The lowest BCUT2D eigenvalue weighted by atomic mass is 9.82. The van der Waals surface area contributed by atoms with Crippen molar-refractivity contribution in [3.8, 4) is 23.0 Å². The van der Waals surface area contributed by atoms with Crippen molar-refractivity contribution in [3.05, 3.63) is 108 Å². The van der Waals surface area contributed by atoms with Gasteiger partial charge in [0.25, 0.3) is 0 Å². The monoisotopic (exact) mass is 829 g/mol. The largest absolute Gasteiger partial charge is 0.493 e. The van der Waals surface area contributed by atoms with Crippen LogP contribution in [0.1, 0.15) is 102 Å². The molecule has 0 bridgehead atoms. The van der Waals surface area contributed by atoms with Crippen LogP contribution in [0, 0.1) is 23.7 Å². The van der Waals surface area contributed by atoms with E-state index in [-0.39, 0.29) is 23.8 Å². The summed E-state index contributed by atoms with van der Waals surface area (Å²) in [7, 11) is 1.92. The Morgan fingerprint density at radius 3 is 1.73 bits per heavy atom. The van der Waals surface area contributed by atoms with Gasteiger partial charge in [0.1, 0.15) is 23.0 Å². The molecule has 5 aromatic rings. The second kappa shape index (κ2) is 20.8. The molecule has 0 unspecified atom stereocenters. The Labute approximate surface area is 359 Å². The SMILES string of the molecule is CCCc1ccc(OC(=O)C2CCC(COc3ccc(OCC4CCC(C(=O)Oc5ccc(CCC)cc5)CC4)c(/C(C)=N/N(C)c4nc5ccccc5s4)c3)CC2)cc1. The summed E-state index contributed by atoms with van der Waals surface area (Å²) in [5.41, 5.74) is 5.10. The molecular formula is C50H59N3O6S. The van der Waals surface area contributed by atoms with Gasteiger partial charge in [-0.25, -0.2) is 9.99 Å². The number of rotatable bonds is 17. The molecule has 2 saturated carbocycles. The van der Waals surface area contributed by atoms with Gasteiger partial charge in [0.2, 0.25) is 5.13 Å². The predicted octanol–water partition coefficient (Wildman–Crippen LogP) is 11.6. The van der Waals surface area contributed by atoms with Crippen LogP contribution in [0.5, 0.6) is 23.0 Å². The summed E-state index contributed by atoms with van der Waals surface area (Å²) in [5, 5.41) is 7.60. The zero-order valence-corrected chi connectivity index (χ0v) is 36.4. The maximum Gasteiger partial charge on any atom is 0.314 e. The van der Waals surface area contributed by atoms with Crippen LogP contribution in [0.2, 0.25) is 0 Å². The Balaban J connectivity index is 0.954. The highest BCUT2D eigenvalue weighted by Crippen LogP contribution is 2.35. The van der Waals surface area contributed by atoms with E-state index in [1.54, 1.807) is 11.3 Å². The Bertz CT molecular complexity index is 2170. The smallest absolute Gasteiger partial charge is 0.314 e. The number of carbonyl (C=O) groups excluding carboxylic acids is 2. The first-order valence-electron chi connectivity index (χ1n) is 21.9. The minimum absolute atomic E-state index is 0.0945. The number of hydrazone groups is 1. The zero-order chi connectivity index (χ0) is 41.8. The number of aryl methyl sites for hydroxylation is 2. The second-order valence-electron chi connectivity index (χ2n) is 16.5. The van der Waals surface area contributed by atoms with Gasteiger partial charge >= 0.3 is 11.9 Å². The molecular weight excluding hydrogens is 771 g/mol. The van der Waals surface area contributed by atoms with Gasteiger partial charge in [-0.1, -0.05) is 74.4 Å². The molecule has 2 aliphatic rings. The van der Waals surface area contributed by atoms with Crippen LogP contribution in [0.3, 0.4) is 0 Å². The van der Waals surface area contributed by atoms with Crippen molar-refractivity contribution in [2.75, 3.05) is 25.3 Å². The van der Waals surface area contributed by atoms with Gasteiger partial charge in [0.15, 0.2) is 0 Å². The maximum atomic E-state index is 13.0. The molecule has 0 amide bonds. The third-order valence-corrected chi connectivity index (χ3v) is 13.0. The van der Waals surface area contributed by atoms with Crippen LogP contribution in [-0.2, 0) is 22.4 Å². The van der Waals surface area contributed by atoms with Crippen molar-refractivity contribution in [2.45, 2.75) is 97.8 Å². The molecule has 0 atom stereocenters. The lowest BCUT2D eigenvalue weighted by Crippen LogP contribution is -2.28. The summed E-state index contributed by atoms with van der Waals surface area (Å²) < 4.78 is 25.6. The van der Waals surface area contributed by atoms with Crippen LogP contribution in [0.4, 0.5) is 5.13 Å². The normalized spacial score (nSPS) is 19.4. The van der Waals surface area contributed by atoms with Gasteiger partial charge in [-0.3, -0.25) is 9.59 Å². The molecule has 0 spiro atoms. The fourth-order valence-electron chi connectivity index (χ4n) is 8.30. The highest BCUT2D eigenvalue weighted by Gasteiger charge is 2.30. The lowest BCUT2D eigenvalue weighted by molar-refractivity contribution is -0.141. The quantitative estimate of drug-likeness (QED) is 0.0395. The summed E-state index contributed by atoms with van der Waals surface area (Å²) in [5.74, 6) is 2.93. The number of ether oxygens (including phenoxy) is 4. The summed E-state index contributed by atoms with van der Waals surface area (Å²) in [6.45, 7) is 7.42. The van der Waals surface area contributed by atoms with Crippen molar-refractivity contribution in [1.29, 1.82) is 0 Å². The molecule has 10 heteroatoms. The molecule has 1 aromatic heterocycles. The third kappa shape index (κ3) is 11.5. The van der Waals surface area contributed by atoms with E-state index in [0.29, 0.717) is 36.5 Å². The molecule has 316 valence electrons. The molecule has 9 nitrogen and oxygen atoms in total. The molecule has 0 N–H and O–H groups in total. The van der Waals surface area contributed by atoms with E-state index in [1.165, 1.54) is 11.1 Å². The Morgan fingerprint density at radius 2 is 1.20 bits per heavy atom. The van der Waals surface area contributed by atoms with Gasteiger partial charge in [-0.05, 0) is 149 Å². The number of nitrogens with zero attached hydrogens (tertiary/aromatic N) is 3. The lowest BCUT2D eigenvalue weighted by Gasteiger charge is -2.28. The number of hydrogen-bond donors (Lipinski definition) is 0. The maximum absolute atomic E-state index is 13.0. The van der Waals surface area contributed by atoms with E-state index in [9.17, 15) is 9.59 Å². The molecule has 1 heterocycles. The first kappa shape index (κ1) is 42.9. The number of aromatic nitrogens is 1. The molecule has 0 radical (unpaired) electrons. The Morgan fingerprint density at radius 1 is 0.683 bits per heavy atom. The van der Waals surface area contributed by atoms with Crippen molar-refractivity contribution in [3.63, 3.8) is 0 Å². The van der Waals surface area contributed by atoms with E-state index in [1.807, 2.05) is 104 Å². The highest BCUT2D eigenvalue weighted by atomic mass is 32.1. The van der Waals surface area contributed by atoms with Gasteiger partial charge in [0.05, 0.1) is 41.0 Å². The summed E-state index contributed by atoms with van der Waals surface area (Å²) in [6.07, 6.45) is 11.0. The number of benzene rings is 4. The Kier molecular flexibility index (Phi) is 14.9. The van der Waals surface area contributed by atoms with E-state index in [4.69, 9.17) is 29.0 Å². The predicted molar refractivity (Wildman–Crippen MR) is 241 cm³/mol. The van der Waals surface area contributed by atoms with E-state index >= 15 is 0 Å². The third-order valence-electron chi connectivity index (χ3n) is 11.9. The average Bonchev–Trinajstić information content (AvgIpc) is 3.72. The fourth-order valence-corrected chi connectivity index (χ4v) is 9.18. The minimum atomic E-state index is -0.140. The van der Waals surface area contributed by atoms with Crippen molar-refractivity contribution >= 4 is 44.3 Å². The topological polar surface area (TPSA) is 99.5 Å². The fraction of sp³-hybridized carbons (Fsp3) is 0.440. The number of hydrogen-bond acceptors (Lipinski definition) is 10. The number of carbonyl (C=O) groups is 2. The van der Waals surface area contributed by atoms with E-state index < -0.39 is 0 Å². The molecule has 4 aromatic carbocycles. The second-order valence-corrected chi connectivity index (χ2v) is 17.5. The number of esters is 2. The summed E-state index contributed by atoms with van der Waals surface area (Å²) >= 11 is 1.60. The first-order valence-corrected chi connectivity index (χ1v) is 22.7. The average molecular weight is 830 g/mol. The number of anilines is 1. The molecule has 2 fully saturated rings. The van der Waals surface area contributed by atoms with Crippen molar-refractivity contribution in [1.82, 2.24) is 4.98 Å². The van der Waals surface area contributed by atoms with Gasteiger partial charge in [0, 0.05) is 12.6 Å². The summed E-state index contributed by atoms with van der Waals surface area (Å²) in [6, 6.07) is 29.9. The van der Waals surface area contributed by atoms with Crippen molar-refractivity contribution in [2.24, 2.45) is 28.8 Å².